The molecule has 1 N–H and O–H groups in total. The average Bonchev–Trinajstić information content (AvgIpc) is 2.33. The van der Waals surface area contributed by atoms with Gasteiger partial charge < -0.3 is 5.32 Å². The molecule has 6 nitrogen and oxygen atoms in total. The van der Waals surface area contributed by atoms with E-state index in [-0.39, 0.29) is 22.2 Å². The first-order valence-corrected chi connectivity index (χ1v) is 5.53. The minimum absolute atomic E-state index is 0.0790. The van der Waals surface area contributed by atoms with Crippen LogP contribution in [-0.4, -0.2) is 17.4 Å². The molecule has 1 rings (SSSR count). The number of amides is 1. The van der Waals surface area contributed by atoms with Crippen LogP contribution in [0, 0.1) is 21.4 Å². The molecule has 0 bridgehead atoms. The van der Waals surface area contributed by atoms with Crippen molar-refractivity contribution in [2.24, 2.45) is 0 Å². The van der Waals surface area contributed by atoms with Crippen LogP contribution in [0.2, 0.25) is 5.02 Å². The molecule has 0 aromatic heterocycles. The Hall–Kier alpha value is -2.13. The summed E-state index contributed by atoms with van der Waals surface area (Å²) >= 11 is 5.69. The Morgan fingerprint density at radius 1 is 1.56 bits per heavy atom. The van der Waals surface area contributed by atoms with E-state index in [4.69, 9.17) is 16.9 Å². The molecule has 1 amide bonds. The van der Waals surface area contributed by atoms with E-state index in [9.17, 15) is 14.9 Å². The Morgan fingerprint density at radius 3 is 2.83 bits per heavy atom. The maximum Gasteiger partial charge on any atom is 0.287 e. The van der Waals surface area contributed by atoms with Crippen LogP contribution in [0.25, 0.3) is 0 Å². The van der Waals surface area contributed by atoms with Crippen LogP contribution in [0.4, 0.5) is 5.69 Å². The third-order valence-corrected chi connectivity index (χ3v) is 2.46. The number of halogens is 1. The van der Waals surface area contributed by atoms with E-state index in [1.165, 1.54) is 18.2 Å². The fraction of sp³-hybridized carbons (Fsp3) is 0.273. The predicted molar refractivity (Wildman–Crippen MR) is 65.3 cm³/mol. The first-order chi connectivity index (χ1) is 8.56. The van der Waals surface area contributed by atoms with E-state index in [1.807, 2.05) is 6.07 Å². The second kappa shape index (κ2) is 6.57. The van der Waals surface area contributed by atoms with Gasteiger partial charge >= 0.3 is 0 Å². The lowest BCUT2D eigenvalue weighted by Gasteiger charge is -2.04. The van der Waals surface area contributed by atoms with Gasteiger partial charge in [-0.3, -0.25) is 14.9 Å². The Kier molecular flexibility index (Phi) is 5.08. The summed E-state index contributed by atoms with van der Waals surface area (Å²) in [5, 5.41) is 21.4. The largest absolute Gasteiger partial charge is 0.352 e. The number of nitro groups is 1. The number of nitriles is 1. The number of nitro benzene ring substituents is 1. The molecular formula is C11H10ClN3O3. The van der Waals surface area contributed by atoms with Gasteiger partial charge in [-0.1, -0.05) is 11.6 Å². The smallest absolute Gasteiger partial charge is 0.287 e. The van der Waals surface area contributed by atoms with E-state index >= 15 is 0 Å². The quantitative estimate of drug-likeness (QED) is 0.503. The highest BCUT2D eigenvalue weighted by Crippen LogP contribution is 2.24. The Labute approximate surface area is 108 Å². The van der Waals surface area contributed by atoms with E-state index in [0.29, 0.717) is 19.4 Å². The molecular weight excluding hydrogens is 258 g/mol. The van der Waals surface area contributed by atoms with Gasteiger partial charge in [-0.05, 0) is 18.6 Å². The van der Waals surface area contributed by atoms with Crippen LogP contribution < -0.4 is 5.32 Å². The van der Waals surface area contributed by atoms with Gasteiger partial charge in [0.25, 0.3) is 11.6 Å². The van der Waals surface area contributed by atoms with Crippen molar-refractivity contribution in [1.29, 1.82) is 5.26 Å². The summed E-state index contributed by atoms with van der Waals surface area (Å²) in [6.07, 6.45) is 0.921. The van der Waals surface area contributed by atoms with Crippen LogP contribution in [0.15, 0.2) is 18.2 Å². The summed E-state index contributed by atoms with van der Waals surface area (Å²) in [6, 6.07) is 5.74. The third kappa shape index (κ3) is 3.71. The zero-order valence-electron chi connectivity index (χ0n) is 9.35. The van der Waals surface area contributed by atoms with Crippen molar-refractivity contribution in [3.63, 3.8) is 0 Å². The fourth-order valence-corrected chi connectivity index (χ4v) is 1.52. The molecule has 0 fully saturated rings. The molecule has 18 heavy (non-hydrogen) atoms. The number of rotatable bonds is 5. The lowest BCUT2D eigenvalue weighted by Crippen LogP contribution is -2.24. The summed E-state index contributed by atoms with van der Waals surface area (Å²) < 4.78 is 0. The molecule has 0 spiro atoms. The summed E-state index contributed by atoms with van der Waals surface area (Å²) in [7, 11) is 0. The maximum absolute atomic E-state index is 11.6. The monoisotopic (exact) mass is 267 g/mol. The van der Waals surface area contributed by atoms with E-state index in [2.05, 4.69) is 5.32 Å². The van der Waals surface area contributed by atoms with Crippen molar-refractivity contribution in [1.82, 2.24) is 5.32 Å². The maximum atomic E-state index is 11.6. The zero-order valence-corrected chi connectivity index (χ0v) is 10.1. The van der Waals surface area contributed by atoms with E-state index < -0.39 is 4.92 Å². The SMILES string of the molecule is N#CCCCNC(=O)c1ccc([N+](=O)[O-])c(Cl)c1. The summed E-state index contributed by atoms with van der Waals surface area (Å²) in [6.45, 7) is 0.376. The van der Waals surface area contributed by atoms with Crippen molar-refractivity contribution >= 4 is 23.2 Å². The molecule has 94 valence electrons. The minimum Gasteiger partial charge on any atom is -0.352 e. The van der Waals surface area contributed by atoms with Crippen LogP contribution in [0.5, 0.6) is 0 Å². The molecule has 0 aliphatic carbocycles. The van der Waals surface area contributed by atoms with Crippen molar-refractivity contribution in [3.05, 3.63) is 38.9 Å². The average molecular weight is 268 g/mol. The van der Waals surface area contributed by atoms with Gasteiger partial charge in [-0.25, -0.2) is 0 Å². The lowest BCUT2D eigenvalue weighted by atomic mass is 10.2. The predicted octanol–water partition coefficient (Wildman–Crippen LogP) is 2.28. The Balaban J connectivity index is 2.67. The van der Waals surface area contributed by atoms with Crippen LogP contribution in [0.1, 0.15) is 23.2 Å². The molecule has 0 atom stereocenters. The number of nitrogens with one attached hydrogen (secondary N) is 1. The summed E-state index contributed by atoms with van der Waals surface area (Å²) in [5.41, 5.74) is 0.0141. The van der Waals surface area contributed by atoms with Gasteiger partial charge in [0.2, 0.25) is 0 Å². The number of benzene rings is 1. The van der Waals surface area contributed by atoms with Gasteiger partial charge in [-0.15, -0.1) is 0 Å². The molecule has 1 aromatic carbocycles. The number of hydrogen-bond acceptors (Lipinski definition) is 4. The standard InChI is InChI=1S/C11H10ClN3O3/c12-9-7-8(3-4-10(9)15(17)18)11(16)14-6-2-1-5-13/h3-4,7H,1-2,6H2,(H,14,16). The topological polar surface area (TPSA) is 96.0 Å². The second-order valence-electron chi connectivity index (χ2n) is 3.44. The van der Waals surface area contributed by atoms with Gasteiger partial charge in [0.05, 0.1) is 11.0 Å². The van der Waals surface area contributed by atoms with Gasteiger partial charge in [0.15, 0.2) is 0 Å². The highest BCUT2D eigenvalue weighted by atomic mass is 35.5. The van der Waals surface area contributed by atoms with E-state index in [1.54, 1.807) is 0 Å². The van der Waals surface area contributed by atoms with Crippen molar-refractivity contribution in [3.8, 4) is 6.07 Å². The molecule has 0 heterocycles. The molecule has 0 aliphatic heterocycles. The van der Waals surface area contributed by atoms with Gasteiger partial charge in [-0.2, -0.15) is 5.26 Å². The van der Waals surface area contributed by atoms with Gasteiger partial charge in [0, 0.05) is 24.6 Å². The number of carbonyl (C=O) groups is 1. The fourth-order valence-electron chi connectivity index (χ4n) is 1.27. The Morgan fingerprint density at radius 2 is 2.28 bits per heavy atom. The molecule has 0 aliphatic rings. The van der Waals surface area contributed by atoms with E-state index in [0.717, 1.165) is 0 Å². The number of nitrogens with zero attached hydrogens (tertiary/aromatic N) is 2. The second-order valence-corrected chi connectivity index (χ2v) is 3.85. The zero-order chi connectivity index (χ0) is 13.5. The third-order valence-electron chi connectivity index (χ3n) is 2.16. The highest BCUT2D eigenvalue weighted by molar-refractivity contribution is 6.33. The molecule has 0 saturated heterocycles. The normalized spacial score (nSPS) is 9.56. The lowest BCUT2D eigenvalue weighted by molar-refractivity contribution is -0.384. The summed E-state index contributed by atoms with van der Waals surface area (Å²) in [4.78, 5) is 21.5. The number of hydrogen-bond donors (Lipinski definition) is 1. The van der Waals surface area contributed by atoms with Crippen LogP contribution in [0.3, 0.4) is 0 Å². The van der Waals surface area contributed by atoms with Gasteiger partial charge in [0.1, 0.15) is 5.02 Å². The molecule has 0 saturated carbocycles. The van der Waals surface area contributed by atoms with Crippen molar-refractivity contribution in [2.45, 2.75) is 12.8 Å². The van der Waals surface area contributed by atoms with Crippen molar-refractivity contribution < 1.29 is 9.72 Å². The van der Waals surface area contributed by atoms with Crippen LogP contribution >= 0.6 is 11.6 Å². The first-order valence-electron chi connectivity index (χ1n) is 5.15. The molecule has 1 aromatic rings. The van der Waals surface area contributed by atoms with Crippen LogP contribution in [-0.2, 0) is 0 Å². The molecule has 0 unspecified atom stereocenters. The molecule has 0 radical (unpaired) electrons. The summed E-state index contributed by atoms with van der Waals surface area (Å²) in [5.74, 6) is -0.371. The Bertz CT molecular complexity index is 511. The van der Waals surface area contributed by atoms with Crippen molar-refractivity contribution in [2.75, 3.05) is 6.54 Å². The highest BCUT2D eigenvalue weighted by Gasteiger charge is 2.14. The number of unbranched alkanes of at least 4 members (excludes halogenated alkanes) is 1. The first kappa shape index (κ1) is 13.9. The number of carbonyl (C=O) groups excluding carboxylic acids is 1. The minimum atomic E-state index is -0.614. The molecule has 7 heteroatoms.